The number of carbonyl (C=O) groups excluding carboxylic acids is 1. The lowest BCUT2D eigenvalue weighted by Crippen LogP contribution is -2.42. The van der Waals surface area contributed by atoms with Crippen LogP contribution in [0.4, 0.5) is 5.69 Å². The van der Waals surface area contributed by atoms with Gasteiger partial charge in [-0.1, -0.05) is 17.3 Å². The number of anilines is 1. The molecular weight excluding hydrogens is 346 g/mol. The van der Waals surface area contributed by atoms with Gasteiger partial charge in [-0.3, -0.25) is 4.79 Å². The number of morpholine rings is 1. The third-order valence-electron chi connectivity index (χ3n) is 5.16. The van der Waals surface area contributed by atoms with Gasteiger partial charge in [0, 0.05) is 37.2 Å². The van der Waals surface area contributed by atoms with Crippen LogP contribution in [-0.2, 0) is 15.9 Å². The number of carbonyl (C=O) groups is 1. The Kier molecular flexibility index (Phi) is 5.40. The zero-order valence-electron chi connectivity index (χ0n) is 15.5. The highest BCUT2D eigenvalue weighted by Gasteiger charge is 2.31. The number of para-hydroxylation sites is 1. The zero-order valence-corrected chi connectivity index (χ0v) is 15.5. The number of hydrogen-bond donors (Lipinski definition) is 1. The predicted octanol–water partition coefficient (Wildman–Crippen LogP) is 1.81. The van der Waals surface area contributed by atoms with Crippen LogP contribution in [0, 0.1) is 12.8 Å². The van der Waals surface area contributed by atoms with Crippen molar-refractivity contribution in [3.8, 4) is 0 Å². The van der Waals surface area contributed by atoms with Crippen molar-refractivity contribution in [1.29, 1.82) is 0 Å². The molecule has 2 atom stereocenters. The fourth-order valence-electron chi connectivity index (χ4n) is 3.72. The van der Waals surface area contributed by atoms with Crippen LogP contribution < -0.4 is 10.2 Å². The highest BCUT2D eigenvalue weighted by Crippen LogP contribution is 2.24. The van der Waals surface area contributed by atoms with E-state index in [2.05, 4.69) is 15.4 Å². The highest BCUT2D eigenvalue weighted by molar-refractivity contribution is 6.00. The van der Waals surface area contributed by atoms with Gasteiger partial charge < -0.3 is 24.2 Å². The van der Waals surface area contributed by atoms with Gasteiger partial charge in [0.25, 0.3) is 5.91 Å². The second kappa shape index (κ2) is 8.10. The molecule has 2 aliphatic rings. The molecule has 0 bridgehead atoms. The Balaban J connectivity index is 1.45. The number of aromatic nitrogens is 1. The van der Waals surface area contributed by atoms with E-state index in [1.54, 1.807) is 0 Å². The average molecular weight is 371 g/mol. The van der Waals surface area contributed by atoms with Gasteiger partial charge >= 0.3 is 0 Å². The second-order valence-corrected chi connectivity index (χ2v) is 7.13. The summed E-state index contributed by atoms with van der Waals surface area (Å²) in [5.74, 6) is 0.944. The largest absolute Gasteiger partial charge is 0.379 e. The molecule has 1 N–H and O–H groups in total. The summed E-state index contributed by atoms with van der Waals surface area (Å²) in [5.41, 5.74) is 2.52. The van der Waals surface area contributed by atoms with Crippen LogP contribution in [0.2, 0.25) is 0 Å². The second-order valence-electron chi connectivity index (χ2n) is 7.13. The van der Waals surface area contributed by atoms with Gasteiger partial charge in [-0.15, -0.1) is 0 Å². The van der Waals surface area contributed by atoms with E-state index in [1.807, 2.05) is 37.3 Å². The number of nitrogens with zero attached hydrogens (tertiary/aromatic N) is 2. The summed E-state index contributed by atoms with van der Waals surface area (Å²) in [6.07, 6.45) is 0.705. The number of rotatable bonds is 5. The Bertz CT molecular complexity index is 785. The van der Waals surface area contributed by atoms with Gasteiger partial charge in [-0.2, -0.15) is 0 Å². The first-order valence-corrected chi connectivity index (χ1v) is 9.43. The number of ether oxygens (including phenoxy) is 2. The fraction of sp³-hybridized carbons (Fsp3) is 0.500. The molecule has 4 rings (SSSR count). The molecule has 0 spiro atoms. The zero-order chi connectivity index (χ0) is 18.6. The number of benzene rings is 1. The molecule has 1 aromatic heterocycles. The first-order chi connectivity index (χ1) is 13.2. The Morgan fingerprint density at radius 3 is 2.81 bits per heavy atom. The van der Waals surface area contributed by atoms with Gasteiger partial charge in [-0.25, -0.2) is 0 Å². The van der Waals surface area contributed by atoms with E-state index in [4.69, 9.17) is 14.0 Å². The van der Waals surface area contributed by atoms with E-state index in [1.165, 1.54) is 0 Å². The van der Waals surface area contributed by atoms with E-state index >= 15 is 0 Å². The standard InChI is InChI=1S/C20H25N3O4/c1-14-10-16(27-22-14)11-15-12-26-13-18(15)21-20(24)17-4-2-3-5-19(17)23-6-8-25-9-7-23/h2-5,10,15,18H,6-9,11-13H2,1H3,(H,21,24). The van der Waals surface area contributed by atoms with Gasteiger partial charge in [0.2, 0.25) is 0 Å². The predicted molar refractivity (Wildman–Crippen MR) is 100.0 cm³/mol. The quantitative estimate of drug-likeness (QED) is 0.864. The van der Waals surface area contributed by atoms with E-state index < -0.39 is 0 Å². The first kappa shape index (κ1) is 18.0. The van der Waals surface area contributed by atoms with Crippen molar-refractivity contribution in [1.82, 2.24) is 10.5 Å². The normalized spacial score (nSPS) is 22.8. The maximum Gasteiger partial charge on any atom is 0.253 e. The van der Waals surface area contributed by atoms with Gasteiger partial charge in [0.1, 0.15) is 5.76 Å². The molecule has 2 aliphatic heterocycles. The molecule has 2 aromatic rings. The van der Waals surface area contributed by atoms with Gasteiger partial charge in [0.05, 0.1) is 43.7 Å². The first-order valence-electron chi connectivity index (χ1n) is 9.43. The molecule has 0 radical (unpaired) electrons. The minimum atomic E-state index is -0.0636. The minimum absolute atomic E-state index is 0.0411. The number of nitrogens with one attached hydrogen (secondary N) is 1. The van der Waals surface area contributed by atoms with Crippen LogP contribution in [0.5, 0.6) is 0 Å². The molecule has 27 heavy (non-hydrogen) atoms. The summed E-state index contributed by atoms with van der Waals surface area (Å²) >= 11 is 0. The molecule has 1 amide bonds. The Morgan fingerprint density at radius 2 is 2.04 bits per heavy atom. The van der Waals surface area contributed by atoms with Gasteiger partial charge in [0.15, 0.2) is 0 Å². The Morgan fingerprint density at radius 1 is 1.22 bits per heavy atom. The molecular formula is C20H25N3O4. The minimum Gasteiger partial charge on any atom is -0.379 e. The van der Waals surface area contributed by atoms with Gasteiger partial charge in [-0.05, 0) is 19.1 Å². The van der Waals surface area contributed by atoms with Crippen molar-refractivity contribution in [3.05, 3.63) is 47.3 Å². The van der Waals surface area contributed by atoms with Crippen molar-refractivity contribution < 1.29 is 18.8 Å². The molecule has 0 aliphatic carbocycles. The summed E-state index contributed by atoms with van der Waals surface area (Å²) < 4.78 is 16.4. The van der Waals surface area contributed by atoms with Crippen molar-refractivity contribution in [2.75, 3.05) is 44.4 Å². The van der Waals surface area contributed by atoms with Crippen LogP contribution in [-0.4, -0.2) is 56.6 Å². The summed E-state index contributed by atoms with van der Waals surface area (Å²) in [6, 6.07) is 9.64. The molecule has 2 fully saturated rings. The van der Waals surface area contributed by atoms with Crippen LogP contribution >= 0.6 is 0 Å². The SMILES string of the molecule is Cc1cc(CC2COCC2NC(=O)c2ccccc2N2CCOCC2)on1. The molecule has 3 heterocycles. The molecule has 1 aromatic carbocycles. The van der Waals surface area contributed by atoms with Crippen molar-refractivity contribution in [2.24, 2.45) is 5.92 Å². The third kappa shape index (κ3) is 4.14. The summed E-state index contributed by atoms with van der Waals surface area (Å²) in [5, 5.41) is 7.10. The van der Waals surface area contributed by atoms with Crippen LogP contribution in [0.15, 0.2) is 34.9 Å². The number of aryl methyl sites for hydroxylation is 1. The van der Waals surface area contributed by atoms with Crippen LogP contribution in [0.25, 0.3) is 0 Å². The summed E-state index contributed by atoms with van der Waals surface area (Å²) in [4.78, 5) is 15.2. The topological polar surface area (TPSA) is 76.8 Å². The maximum absolute atomic E-state index is 13.0. The molecule has 7 heteroatoms. The lowest BCUT2D eigenvalue weighted by Gasteiger charge is -2.30. The van der Waals surface area contributed by atoms with E-state index in [-0.39, 0.29) is 17.9 Å². The van der Waals surface area contributed by atoms with Crippen LogP contribution in [0.3, 0.4) is 0 Å². The third-order valence-corrected chi connectivity index (χ3v) is 5.16. The number of amides is 1. The van der Waals surface area contributed by atoms with E-state index in [0.29, 0.717) is 38.4 Å². The van der Waals surface area contributed by atoms with Crippen LogP contribution in [0.1, 0.15) is 21.8 Å². The Labute approximate surface area is 158 Å². The number of hydrogen-bond acceptors (Lipinski definition) is 6. The van der Waals surface area contributed by atoms with Crippen molar-refractivity contribution >= 4 is 11.6 Å². The fourth-order valence-corrected chi connectivity index (χ4v) is 3.72. The highest BCUT2D eigenvalue weighted by atomic mass is 16.5. The maximum atomic E-state index is 13.0. The lowest BCUT2D eigenvalue weighted by molar-refractivity contribution is 0.0923. The molecule has 0 saturated carbocycles. The van der Waals surface area contributed by atoms with E-state index in [0.717, 1.165) is 30.2 Å². The monoisotopic (exact) mass is 371 g/mol. The molecule has 144 valence electrons. The van der Waals surface area contributed by atoms with Crippen molar-refractivity contribution in [3.63, 3.8) is 0 Å². The molecule has 2 unspecified atom stereocenters. The van der Waals surface area contributed by atoms with E-state index in [9.17, 15) is 4.79 Å². The summed E-state index contributed by atoms with van der Waals surface area (Å²) in [6.45, 7) is 5.99. The molecule has 2 saturated heterocycles. The lowest BCUT2D eigenvalue weighted by atomic mass is 9.97. The average Bonchev–Trinajstić information content (AvgIpc) is 3.31. The summed E-state index contributed by atoms with van der Waals surface area (Å²) in [7, 11) is 0. The smallest absolute Gasteiger partial charge is 0.253 e. The Hall–Kier alpha value is -2.38. The molecule has 7 nitrogen and oxygen atoms in total. The van der Waals surface area contributed by atoms with Crippen molar-refractivity contribution in [2.45, 2.75) is 19.4 Å².